The highest BCUT2D eigenvalue weighted by atomic mass is 35.5. The van der Waals surface area contributed by atoms with Crippen molar-refractivity contribution in [3.8, 4) is 0 Å². The third-order valence-corrected chi connectivity index (χ3v) is 5.04. The van der Waals surface area contributed by atoms with Crippen LogP contribution in [-0.4, -0.2) is 9.55 Å². The number of hydrogen-bond donors (Lipinski definition) is 0. The average Bonchev–Trinajstić information content (AvgIpc) is 2.79. The Labute approximate surface area is 130 Å². The molecule has 2 aromatic rings. The SMILES string of the molecule is Cc1cc2c(cc1F)nc(CCl)n2CC1CCC(C)CC1. The number of imidazole rings is 1. The van der Waals surface area contributed by atoms with E-state index in [1.165, 1.54) is 31.7 Å². The summed E-state index contributed by atoms with van der Waals surface area (Å²) < 4.78 is 15.9. The molecule has 4 heteroatoms. The zero-order valence-electron chi connectivity index (χ0n) is 12.7. The number of aryl methyl sites for hydroxylation is 1. The largest absolute Gasteiger partial charge is 0.327 e. The molecule has 1 aliphatic carbocycles. The topological polar surface area (TPSA) is 17.8 Å². The molecular formula is C17H22ClFN2. The molecular weight excluding hydrogens is 287 g/mol. The highest BCUT2D eigenvalue weighted by molar-refractivity contribution is 6.16. The van der Waals surface area contributed by atoms with Crippen LogP contribution in [0.3, 0.4) is 0 Å². The minimum Gasteiger partial charge on any atom is -0.327 e. The lowest BCUT2D eigenvalue weighted by Gasteiger charge is -2.27. The number of benzene rings is 1. The molecule has 0 amide bonds. The maximum absolute atomic E-state index is 13.7. The summed E-state index contributed by atoms with van der Waals surface area (Å²) in [4.78, 5) is 4.50. The number of hydrogen-bond acceptors (Lipinski definition) is 1. The van der Waals surface area contributed by atoms with Crippen molar-refractivity contribution in [1.82, 2.24) is 9.55 Å². The molecule has 1 fully saturated rings. The van der Waals surface area contributed by atoms with Crippen LogP contribution in [0.25, 0.3) is 11.0 Å². The Kier molecular flexibility index (Phi) is 4.21. The van der Waals surface area contributed by atoms with E-state index < -0.39 is 0 Å². The Morgan fingerprint density at radius 3 is 2.67 bits per heavy atom. The third-order valence-electron chi connectivity index (χ3n) is 4.80. The van der Waals surface area contributed by atoms with E-state index in [-0.39, 0.29) is 5.82 Å². The van der Waals surface area contributed by atoms with Gasteiger partial charge in [0.25, 0.3) is 0 Å². The second kappa shape index (κ2) is 5.96. The fourth-order valence-electron chi connectivity index (χ4n) is 3.38. The highest BCUT2D eigenvalue weighted by Gasteiger charge is 2.21. The number of aromatic nitrogens is 2. The summed E-state index contributed by atoms with van der Waals surface area (Å²) in [7, 11) is 0. The van der Waals surface area contributed by atoms with Gasteiger partial charge in [0.05, 0.1) is 16.9 Å². The zero-order valence-corrected chi connectivity index (χ0v) is 13.5. The van der Waals surface area contributed by atoms with Gasteiger partial charge in [-0.25, -0.2) is 9.37 Å². The Balaban J connectivity index is 1.94. The summed E-state index contributed by atoms with van der Waals surface area (Å²) in [5, 5.41) is 0. The predicted octanol–water partition coefficient (Wildman–Crippen LogP) is 5.05. The summed E-state index contributed by atoms with van der Waals surface area (Å²) in [6, 6.07) is 3.43. The Morgan fingerprint density at radius 2 is 2.00 bits per heavy atom. The van der Waals surface area contributed by atoms with Crippen LogP contribution in [0, 0.1) is 24.6 Å². The maximum atomic E-state index is 13.7. The number of alkyl halides is 1. The Morgan fingerprint density at radius 1 is 1.29 bits per heavy atom. The smallest absolute Gasteiger partial charge is 0.128 e. The molecule has 0 unspecified atom stereocenters. The number of fused-ring (bicyclic) bond motifs is 1. The van der Waals surface area contributed by atoms with Gasteiger partial charge < -0.3 is 4.57 Å². The molecule has 2 nitrogen and oxygen atoms in total. The quantitative estimate of drug-likeness (QED) is 0.726. The van der Waals surface area contributed by atoms with Crippen LogP contribution in [0.15, 0.2) is 12.1 Å². The third kappa shape index (κ3) is 2.94. The van der Waals surface area contributed by atoms with Gasteiger partial charge in [-0.05, 0) is 43.2 Å². The summed E-state index contributed by atoms with van der Waals surface area (Å²) >= 11 is 6.05. The average molecular weight is 309 g/mol. The Bertz CT molecular complexity index is 642. The van der Waals surface area contributed by atoms with Gasteiger partial charge in [0, 0.05) is 12.6 Å². The van der Waals surface area contributed by atoms with Crippen molar-refractivity contribution in [2.75, 3.05) is 0 Å². The van der Waals surface area contributed by atoms with Crippen LogP contribution < -0.4 is 0 Å². The van der Waals surface area contributed by atoms with Gasteiger partial charge in [0.15, 0.2) is 0 Å². The molecule has 1 aliphatic rings. The molecule has 0 radical (unpaired) electrons. The van der Waals surface area contributed by atoms with Gasteiger partial charge in [0.2, 0.25) is 0 Å². The van der Waals surface area contributed by atoms with Crippen LogP contribution in [-0.2, 0) is 12.4 Å². The van der Waals surface area contributed by atoms with Crippen molar-refractivity contribution in [1.29, 1.82) is 0 Å². The van der Waals surface area contributed by atoms with Gasteiger partial charge in [0.1, 0.15) is 11.6 Å². The van der Waals surface area contributed by atoms with E-state index in [2.05, 4.69) is 16.5 Å². The molecule has 0 aliphatic heterocycles. The first-order valence-corrected chi connectivity index (χ1v) is 8.33. The monoisotopic (exact) mass is 308 g/mol. The van der Waals surface area contributed by atoms with E-state index in [1.807, 2.05) is 6.07 Å². The van der Waals surface area contributed by atoms with Crippen molar-refractivity contribution in [2.45, 2.75) is 52.0 Å². The fraction of sp³-hybridized carbons (Fsp3) is 0.588. The second-order valence-corrected chi connectivity index (χ2v) is 6.76. The van der Waals surface area contributed by atoms with Gasteiger partial charge in [-0.1, -0.05) is 19.8 Å². The lowest BCUT2D eigenvalue weighted by molar-refractivity contribution is 0.265. The lowest BCUT2D eigenvalue weighted by atomic mass is 9.83. The van der Waals surface area contributed by atoms with E-state index in [0.717, 1.165) is 29.3 Å². The molecule has 0 spiro atoms. The number of halogens is 2. The normalized spacial score (nSPS) is 22.9. The molecule has 114 valence electrons. The Hall–Kier alpha value is -1.09. The molecule has 0 saturated heterocycles. The van der Waals surface area contributed by atoms with Crippen LogP contribution >= 0.6 is 11.6 Å². The van der Waals surface area contributed by atoms with Crippen molar-refractivity contribution < 1.29 is 4.39 Å². The number of nitrogens with zero attached hydrogens (tertiary/aromatic N) is 2. The molecule has 1 heterocycles. The summed E-state index contributed by atoms with van der Waals surface area (Å²) in [5.74, 6) is 2.57. The molecule has 0 N–H and O–H groups in total. The molecule has 1 aromatic carbocycles. The lowest BCUT2D eigenvalue weighted by Crippen LogP contribution is -2.18. The van der Waals surface area contributed by atoms with Gasteiger partial charge in [-0.15, -0.1) is 11.6 Å². The standard InChI is InChI=1S/C17H22ClFN2/c1-11-3-5-13(6-4-11)10-21-16-7-12(2)14(19)8-15(16)20-17(21)9-18/h7-8,11,13H,3-6,9-10H2,1-2H3. The van der Waals surface area contributed by atoms with E-state index in [9.17, 15) is 4.39 Å². The van der Waals surface area contributed by atoms with E-state index in [4.69, 9.17) is 11.6 Å². The van der Waals surface area contributed by atoms with Gasteiger partial charge in [-0.2, -0.15) is 0 Å². The van der Waals surface area contributed by atoms with Crippen molar-refractivity contribution in [3.05, 3.63) is 29.3 Å². The van der Waals surface area contributed by atoms with Gasteiger partial charge in [-0.3, -0.25) is 0 Å². The van der Waals surface area contributed by atoms with E-state index >= 15 is 0 Å². The molecule has 1 aromatic heterocycles. The number of rotatable bonds is 3. The van der Waals surface area contributed by atoms with Crippen LogP contribution in [0.1, 0.15) is 44.0 Å². The first kappa shape index (κ1) is 14.8. The zero-order chi connectivity index (χ0) is 15.0. The van der Waals surface area contributed by atoms with Crippen LogP contribution in [0.5, 0.6) is 0 Å². The maximum Gasteiger partial charge on any atom is 0.128 e. The summed E-state index contributed by atoms with van der Waals surface area (Å²) in [6.07, 6.45) is 5.15. The van der Waals surface area contributed by atoms with E-state index in [1.54, 1.807) is 6.92 Å². The van der Waals surface area contributed by atoms with Gasteiger partial charge >= 0.3 is 0 Å². The van der Waals surface area contributed by atoms with Crippen LogP contribution in [0.2, 0.25) is 0 Å². The molecule has 1 saturated carbocycles. The van der Waals surface area contributed by atoms with Crippen molar-refractivity contribution >= 4 is 22.6 Å². The minimum absolute atomic E-state index is 0.195. The molecule has 0 bridgehead atoms. The van der Waals surface area contributed by atoms with Crippen molar-refractivity contribution in [2.24, 2.45) is 11.8 Å². The molecule has 3 rings (SSSR count). The van der Waals surface area contributed by atoms with Crippen LogP contribution in [0.4, 0.5) is 4.39 Å². The first-order valence-electron chi connectivity index (χ1n) is 7.79. The predicted molar refractivity (Wildman–Crippen MR) is 85.1 cm³/mol. The second-order valence-electron chi connectivity index (χ2n) is 6.49. The van der Waals surface area contributed by atoms with Crippen molar-refractivity contribution in [3.63, 3.8) is 0 Å². The summed E-state index contributed by atoms with van der Waals surface area (Å²) in [5.41, 5.74) is 2.41. The minimum atomic E-state index is -0.195. The highest BCUT2D eigenvalue weighted by Crippen LogP contribution is 2.31. The molecule has 0 atom stereocenters. The van der Waals surface area contributed by atoms with E-state index in [0.29, 0.717) is 17.4 Å². The fourth-order valence-corrected chi connectivity index (χ4v) is 3.58. The summed E-state index contributed by atoms with van der Waals surface area (Å²) in [6.45, 7) is 5.09. The molecule has 21 heavy (non-hydrogen) atoms. The first-order chi connectivity index (χ1) is 10.1.